The molecule has 0 aromatic heterocycles. The summed E-state index contributed by atoms with van der Waals surface area (Å²) in [6, 6.07) is 0. The first-order chi connectivity index (χ1) is 22.5. The minimum absolute atomic E-state index is 0.00317. The maximum absolute atomic E-state index is 14.4. The SMILES string of the molecule is C=C(C)[C@@H]1CC[C@]2(C(=O)NCCCCCCCCCC(=O)O)CC[C@]3(C)[C@H](CCC4[C@@]5(C)CC[C@H](OC(C)=O)C(C)(C)[C@@H]5CC[C@]43C)[C@@H]12. The van der Waals surface area contributed by atoms with Crippen LogP contribution in [0.3, 0.4) is 0 Å². The molecule has 272 valence electrons. The van der Waals surface area contributed by atoms with E-state index in [0.29, 0.717) is 35.5 Å². The zero-order chi connectivity index (χ0) is 35.1. The highest BCUT2D eigenvalue weighted by atomic mass is 16.5. The Morgan fingerprint density at radius 2 is 1.42 bits per heavy atom. The van der Waals surface area contributed by atoms with Crippen molar-refractivity contribution in [3.05, 3.63) is 12.2 Å². The number of esters is 1. The van der Waals surface area contributed by atoms with Crippen LogP contribution in [0.4, 0.5) is 0 Å². The van der Waals surface area contributed by atoms with Crippen LogP contribution in [-0.4, -0.2) is 35.6 Å². The maximum Gasteiger partial charge on any atom is 0.303 e. The van der Waals surface area contributed by atoms with E-state index in [0.717, 1.165) is 90.0 Å². The Morgan fingerprint density at radius 3 is 2.06 bits per heavy atom. The average molecular weight is 668 g/mol. The van der Waals surface area contributed by atoms with Gasteiger partial charge < -0.3 is 15.2 Å². The molecular weight excluding hydrogens is 598 g/mol. The molecule has 0 heterocycles. The van der Waals surface area contributed by atoms with Gasteiger partial charge in [0.05, 0.1) is 5.41 Å². The lowest BCUT2D eigenvalue weighted by Gasteiger charge is -2.72. The van der Waals surface area contributed by atoms with Crippen LogP contribution >= 0.6 is 0 Å². The van der Waals surface area contributed by atoms with Crippen LogP contribution in [-0.2, 0) is 19.1 Å². The second-order valence-electron chi connectivity index (χ2n) is 18.7. The van der Waals surface area contributed by atoms with Crippen molar-refractivity contribution in [1.29, 1.82) is 0 Å². The van der Waals surface area contributed by atoms with Crippen LogP contribution in [0.2, 0.25) is 0 Å². The molecule has 6 nitrogen and oxygen atoms in total. The molecule has 5 aliphatic carbocycles. The molecule has 0 spiro atoms. The Hall–Kier alpha value is -1.85. The van der Waals surface area contributed by atoms with Gasteiger partial charge in [-0.15, -0.1) is 0 Å². The van der Waals surface area contributed by atoms with E-state index in [4.69, 9.17) is 9.84 Å². The third-order valence-corrected chi connectivity index (χ3v) is 16.1. The molecule has 1 amide bonds. The van der Waals surface area contributed by atoms with Gasteiger partial charge in [0.15, 0.2) is 0 Å². The van der Waals surface area contributed by atoms with Gasteiger partial charge in [0.1, 0.15) is 6.10 Å². The summed E-state index contributed by atoms with van der Waals surface area (Å²) >= 11 is 0. The van der Waals surface area contributed by atoms with Crippen molar-refractivity contribution in [1.82, 2.24) is 5.32 Å². The zero-order valence-electron chi connectivity index (χ0n) is 31.7. The molecule has 6 heteroatoms. The highest BCUT2D eigenvalue weighted by Gasteiger charge is 2.72. The molecule has 10 atom stereocenters. The number of amides is 1. The molecule has 0 aliphatic heterocycles. The van der Waals surface area contributed by atoms with Gasteiger partial charge in [0.25, 0.3) is 0 Å². The van der Waals surface area contributed by atoms with Crippen LogP contribution in [0.1, 0.15) is 164 Å². The second kappa shape index (κ2) is 14.0. The van der Waals surface area contributed by atoms with E-state index < -0.39 is 5.97 Å². The summed E-state index contributed by atoms with van der Waals surface area (Å²) in [5.74, 6) is 1.99. The van der Waals surface area contributed by atoms with E-state index in [9.17, 15) is 14.4 Å². The lowest BCUT2D eigenvalue weighted by Crippen LogP contribution is -2.67. The number of nitrogens with one attached hydrogen (secondary N) is 1. The van der Waals surface area contributed by atoms with Gasteiger partial charge in [0, 0.05) is 25.3 Å². The van der Waals surface area contributed by atoms with Crippen molar-refractivity contribution in [3.63, 3.8) is 0 Å². The molecule has 5 saturated carbocycles. The van der Waals surface area contributed by atoms with E-state index in [1.165, 1.54) is 31.3 Å². The number of carboxylic acids is 1. The van der Waals surface area contributed by atoms with Crippen LogP contribution in [0, 0.1) is 56.7 Å². The molecule has 0 aromatic carbocycles. The number of fused-ring (bicyclic) bond motifs is 7. The van der Waals surface area contributed by atoms with Gasteiger partial charge in [-0.1, -0.05) is 78.9 Å². The van der Waals surface area contributed by atoms with E-state index in [1.807, 2.05) is 0 Å². The molecule has 1 unspecified atom stereocenters. The predicted molar refractivity (Wildman–Crippen MR) is 192 cm³/mol. The standard InChI is InChI=1S/C42H69NO5/c1-28(2)30-19-24-42(37(47)43-27-15-13-11-9-10-12-14-16-35(45)46)26-25-40(7)31(36(30)42)17-18-33-39(6)22-21-34(48-29(3)44)38(4,5)32(39)20-23-41(33,40)8/h30-34,36H,1,9-27H2,2-8H3,(H,43,47)(H,45,46)/t30-,31+,32-,33?,34-,36+,39-,40+,41+,42-/m0/s1. The topological polar surface area (TPSA) is 92.7 Å². The van der Waals surface area contributed by atoms with E-state index in [-0.39, 0.29) is 45.6 Å². The zero-order valence-corrected chi connectivity index (χ0v) is 31.7. The lowest BCUT2D eigenvalue weighted by atomic mass is 9.32. The third-order valence-electron chi connectivity index (χ3n) is 16.1. The number of rotatable bonds is 13. The number of ether oxygens (including phenoxy) is 1. The molecule has 2 N–H and O–H groups in total. The van der Waals surface area contributed by atoms with E-state index in [2.05, 4.69) is 53.4 Å². The summed E-state index contributed by atoms with van der Waals surface area (Å²) in [5.41, 5.74) is 1.62. The third kappa shape index (κ3) is 6.31. The van der Waals surface area contributed by atoms with Gasteiger partial charge >= 0.3 is 11.9 Å². The normalized spacial score (nSPS) is 41.2. The first kappa shape index (κ1) is 37.4. The molecule has 0 aromatic rings. The highest BCUT2D eigenvalue weighted by molar-refractivity contribution is 5.84. The Morgan fingerprint density at radius 1 is 0.750 bits per heavy atom. The van der Waals surface area contributed by atoms with Gasteiger partial charge in [-0.2, -0.15) is 0 Å². The number of hydrogen-bond acceptors (Lipinski definition) is 4. The number of aliphatic carboxylic acids is 1. The fourth-order valence-corrected chi connectivity index (χ4v) is 13.6. The average Bonchev–Trinajstić information content (AvgIpc) is 3.41. The monoisotopic (exact) mass is 668 g/mol. The predicted octanol–water partition coefficient (Wildman–Crippen LogP) is 9.90. The van der Waals surface area contributed by atoms with Gasteiger partial charge in [0.2, 0.25) is 5.91 Å². The minimum atomic E-state index is -0.698. The number of hydrogen-bond donors (Lipinski definition) is 2. The van der Waals surface area contributed by atoms with Crippen molar-refractivity contribution in [3.8, 4) is 0 Å². The van der Waals surface area contributed by atoms with Gasteiger partial charge in [-0.3, -0.25) is 14.4 Å². The Labute approximate surface area is 292 Å². The molecule has 48 heavy (non-hydrogen) atoms. The van der Waals surface area contributed by atoms with Crippen molar-refractivity contribution < 1.29 is 24.2 Å². The second-order valence-corrected chi connectivity index (χ2v) is 18.7. The summed E-state index contributed by atoms with van der Waals surface area (Å²) in [4.78, 5) is 37.1. The van der Waals surface area contributed by atoms with Crippen molar-refractivity contribution in [2.45, 2.75) is 170 Å². The lowest BCUT2D eigenvalue weighted by molar-refractivity contribution is -0.248. The summed E-state index contributed by atoms with van der Waals surface area (Å²) in [6.45, 7) is 21.7. The number of unbranched alkanes of at least 4 members (excludes halogenated alkanes) is 6. The maximum atomic E-state index is 14.4. The number of carbonyl (C=O) groups excluding carboxylic acids is 2. The molecule has 5 rings (SSSR count). The fourth-order valence-electron chi connectivity index (χ4n) is 13.6. The van der Waals surface area contributed by atoms with Crippen LogP contribution in [0.5, 0.6) is 0 Å². The molecule has 0 radical (unpaired) electrons. The van der Waals surface area contributed by atoms with E-state index in [1.54, 1.807) is 6.92 Å². The number of carbonyl (C=O) groups is 3. The molecule has 5 aliphatic rings. The van der Waals surface area contributed by atoms with Crippen LogP contribution in [0.25, 0.3) is 0 Å². The Balaban J connectivity index is 1.28. The minimum Gasteiger partial charge on any atom is -0.481 e. The molecular formula is C42H69NO5. The molecule has 0 saturated heterocycles. The first-order valence-electron chi connectivity index (χ1n) is 19.9. The summed E-state index contributed by atoms with van der Waals surface area (Å²) in [7, 11) is 0. The van der Waals surface area contributed by atoms with Crippen molar-refractivity contribution in [2.24, 2.45) is 56.7 Å². The Bertz CT molecular complexity index is 1230. The van der Waals surface area contributed by atoms with E-state index >= 15 is 0 Å². The largest absolute Gasteiger partial charge is 0.481 e. The van der Waals surface area contributed by atoms with Gasteiger partial charge in [-0.25, -0.2) is 0 Å². The fraction of sp³-hybridized carbons (Fsp3) is 0.881. The summed E-state index contributed by atoms with van der Waals surface area (Å²) < 4.78 is 5.95. The molecule has 5 fully saturated rings. The quantitative estimate of drug-likeness (QED) is 0.116. The van der Waals surface area contributed by atoms with Crippen LogP contribution in [0.15, 0.2) is 12.2 Å². The Kier molecular flexibility index (Phi) is 10.9. The summed E-state index contributed by atoms with van der Waals surface area (Å²) in [5, 5.41) is 12.3. The van der Waals surface area contributed by atoms with Gasteiger partial charge in [-0.05, 0) is 130 Å². The van der Waals surface area contributed by atoms with Crippen molar-refractivity contribution >= 4 is 17.8 Å². The molecule has 0 bridgehead atoms. The smallest absolute Gasteiger partial charge is 0.303 e. The highest BCUT2D eigenvalue weighted by Crippen LogP contribution is 2.77. The van der Waals surface area contributed by atoms with Crippen LogP contribution < -0.4 is 5.32 Å². The number of carboxylic acid groups (broad SMARTS) is 1. The summed E-state index contributed by atoms with van der Waals surface area (Å²) in [6.07, 6.45) is 18.8. The number of allylic oxidation sites excluding steroid dienone is 1. The van der Waals surface area contributed by atoms with Crippen molar-refractivity contribution in [2.75, 3.05) is 6.54 Å². The first-order valence-corrected chi connectivity index (χ1v) is 19.9.